The van der Waals surface area contributed by atoms with Crippen LogP contribution in [0, 0.1) is 5.92 Å². The zero-order valence-electron chi connectivity index (χ0n) is 20.9. The second-order valence-corrected chi connectivity index (χ2v) is 10.9. The van der Waals surface area contributed by atoms with Gasteiger partial charge in [0.25, 0.3) is 0 Å². The number of hydrogen-bond donors (Lipinski definition) is 4. The van der Waals surface area contributed by atoms with Crippen LogP contribution in [0.4, 0.5) is 5.82 Å². The van der Waals surface area contributed by atoms with Crippen molar-refractivity contribution in [2.45, 2.75) is 38.3 Å². The first-order chi connectivity index (χ1) is 18.0. The predicted octanol–water partition coefficient (Wildman–Crippen LogP) is 1.90. The zero-order valence-corrected chi connectivity index (χ0v) is 22.6. The summed E-state index contributed by atoms with van der Waals surface area (Å²) in [5.41, 5.74) is 12.8. The first kappa shape index (κ1) is 27.9. The van der Waals surface area contributed by atoms with E-state index in [9.17, 15) is 14.5 Å². The van der Waals surface area contributed by atoms with Crippen molar-refractivity contribution in [2.75, 3.05) is 19.5 Å². The number of aliphatic hydroxyl groups excluding tert-OH is 1. The summed E-state index contributed by atoms with van der Waals surface area (Å²) >= 11 is 5.17. The maximum atomic E-state index is 13.6. The number of methoxy groups -OCH3 is 1. The van der Waals surface area contributed by atoms with Crippen molar-refractivity contribution in [1.29, 1.82) is 0 Å². The van der Waals surface area contributed by atoms with Crippen molar-refractivity contribution in [3.63, 3.8) is 0 Å². The average molecular weight is 565 g/mol. The highest BCUT2D eigenvalue weighted by atomic mass is 32.1. The molecule has 3 heterocycles. The van der Waals surface area contributed by atoms with E-state index in [0.717, 1.165) is 0 Å². The monoisotopic (exact) mass is 564 g/mol. The summed E-state index contributed by atoms with van der Waals surface area (Å²) in [6, 6.07) is 7.31. The third-order valence-electron chi connectivity index (χ3n) is 6.15. The fraction of sp³-hybridized carbons (Fsp3) is 0.391. The number of nitrogens with zero attached hydrogens (tertiary/aromatic N) is 3. The Hall–Kier alpha value is -3.13. The van der Waals surface area contributed by atoms with Crippen LogP contribution in [0.25, 0.3) is 11.0 Å². The number of aliphatic hydroxyl groups is 1. The molecule has 0 aliphatic carbocycles. The number of carbonyl (C=O) groups excluding carboxylic acids is 1. The summed E-state index contributed by atoms with van der Waals surface area (Å²) in [5.74, 6) is -0.662. The summed E-state index contributed by atoms with van der Waals surface area (Å²) < 4.78 is 37.4. The average Bonchev–Trinajstić information content (AvgIpc) is 3.41. The summed E-state index contributed by atoms with van der Waals surface area (Å²) in [5, 5.41) is 14.0. The minimum absolute atomic E-state index is 0.103. The summed E-state index contributed by atoms with van der Waals surface area (Å²) in [6.45, 7) is 2.91. The van der Waals surface area contributed by atoms with Crippen molar-refractivity contribution < 1.29 is 33.0 Å². The lowest BCUT2D eigenvalue weighted by atomic mass is 10.0. The number of nitrogens with one attached hydrogen (secondary N) is 1. The van der Waals surface area contributed by atoms with Crippen LogP contribution < -0.4 is 21.1 Å². The number of fused-ring (bicyclic) bond motifs is 1. The Labute approximate surface area is 224 Å². The number of ether oxygens (including phenoxy) is 2. The highest BCUT2D eigenvalue weighted by molar-refractivity contribution is 7.80. The van der Waals surface area contributed by atoms with Crippen molar-refractivity contribution in [2.24, 2.45) is 11.7 Å². The van der Waals surface area contributed by atoms with E-state index < -0.39 is 44.1 Å². The van der Waals surface area contributed by atoms with Crippen LogP contribution in [0.1, 0.15) is 25.6 Å². The lowest BCUT2D eigenvalue weighted by Gasteiger charge is -2.24. The van der Waals surface area contributed by atoms with E-state index in [0.29, 0.717) is 16.6 Å². The number of nitrogens with two attached hydrogens (primary N) is 2. The predicted molar refractivity (Wildman–Crippen MR) is 142 cm³/mol. The molecule has 1 aliphatic rings. The Bertz CT molecular complexity index is 1370. The van der Waals surface area contributed by atoms with Gasteiger partial charge in [-0.05, 0) is 19.1 Å². The van der Waals surface area contributed by atoms with Gasteiger partial charge in [0.1, 0.15) is 46.9 Å². The molecule has 0 radical (unpaired) electrons. The number of rotatable bonds is 10. The van der Waals surface area contributed by atoms with Gasteiger partial charge in [-0.15, -0.1) is 0 Å². The third kappa shape index (κ3) is 5.65. The lowest BCUT2D eigenvalue weighted by Crippen LogP contribution is -2.36. The fourth-order valence-electron chi connectivity index (χ4n) is 4.19. The Balaban J connectivity index is 1.57. The molecule has 6 atom stereocenters. The van der Waals surface area contributed by atoms with E-state index in [1.54, 1.807) is 48.0 Å². The molecule has 1 fully saturated rings. The van der Waals surface area contributed by atoms with Crippen molar-refractivity contribution in [1.82, 2.24) is 19.6 Å². The van der Waals surface area contributed by atoms with Crippen molar-refractivity contribution in [3.8, 4) is 5.75 Å². The number of para-hydroxylation sites is 1. The maximum absolute atomic E-state index is 13.6. The quantitative estimate of drug-likeness (QED) is 0.159. The summed E-state index contributed by atoms with van der Waals surface area (Å²) in [7, 11) is -2.92. The third-order valence-corrected chi connectivity index (χ3v) is 8.01. The molecule has 38 heavy (non-hydrogen) atoms. The number of nitrogen functional groups attached to an aromatic ring is 1. The molecule has 6 unspecified atom stereocenters. The molecular formula is C23H29N6O7PS. The van der Waals surface area contributed by atoms with Crippen LogP contribution in [0.2, 0.25) is 0 Å². The standard InChI is InChI=1S/C23H29N6O7PS/c1-12-18(30)16(35-22(12)29-9-15(20(25)38)17-19(24)26-11-27-21(17)29)10-34-37(32,28-13(2)23(31)33-3)36-14-7-5-4-6-8-14/h4-9,11-13,16,18,22,30H,10H2,1-3H3,(H2,25,38)(H,28,32)(H2,24,26,27). The number of anilines is 1. The van der Waals surface area contributed by atoms with Gasteiger partial charge in [-0.2, -0.15) is 5.09 Å². The van der Waals surface area contributed by atoms with Crippen molar-refractivity contribution >= 4 is 47.8 Å². The molecule has 1 aliphatic heterocycles. The molecule has 6 N–H and O–H groups in total. The Morgan fingerprint density at radius 1 is 1.34 bits per heavy atom. The molecule has 1 saturated heterocycles. The first-order valence-electron chi connectivity index (χ1n) is 11.6. The molecule has 2 aromatic heterocycles. The van der Waals surface area contributed by atoms with Gasteiger partial charge in [-0.25, -0.2) is 14.5 Å². The van der Waals surface area contributed by atoms with E-state index in [-0.39, 0.29) is 23.2 Å². The lowest BCUT2D eigenvalue weighted by molar-refractivity contribution is -0.142. The maximum Gasteiger partial charge on any atom is 0.459 e. The molecule has 0 spiro atoms. The number of hydrogen-bond acceptors (Lipinski definition) is 11. The van der Waals surface area contributed by atoms with E-state index in [4.69, 9.17) is 42.2 Å². The molecule has 0 bridgehead atoms. The van der Waals surface area contributed by atoms with Gasteiger partial charge in [-0.3, -0.25) is 9.32 Å². The second kappa shape index (κ2) is 11.3. The van der Waals surface area contributed by atoms with E-state index in [1.165, 1.54) is 20.4 Å². The summed E-state index contributed by atoms with van der Waals surface area (Å²) in [4.78, 5) is 20.4. The highest BCUT2D eigenvalue weighted by Crippen LogP contribution is 2.46. The van der Waals surface area contributed by atoms with Crippen molar-refractivity contribution in [3.05, 3.63) is 48.4 Å². The van der Waals surface area contributed by atoms with Gasteiger partial charge in [0.15, 0.2) is 0 Å². The van der Waals surface area contributed by atoms with Gasteiger partial charge in [0.05, 0.1) is 25.2 Å². The SMILES string of the molecule is COC(=O)C(C)NP(=O)(OCC1OC(n2cc(C(N)=S)c3c(N)ncnc32)C(C)C1O)Oc1ccccc1. The van der Waals surface area contributed by atoms with Gasteiger partial charge in [-0.1, -0.05) is 37.3 Å². The Morgan fingerprint density at radius 2 is 2.05 bits per heavy atom. The number of benzene rings is 1. The molecule has 204 valence electrons. The smallest absolute Gasteiger partial charge is 0.459 e. The highest BCUT2D eigenvalue weighted by Gasteiger charge is 2.44. The number of aromatic nitrogens is 3. The van der Waals surface area contributed by atoms with Crippen LogP contribution in [0.5, 0.6) is 5.75 Å². The molecule has 4 rings (SSSR count). The van der Waals surface area contributed by atoms with E-state index in [1.807, 2.05) is 0 Å². The number of esters is 1. The Kier molecular flexibility index (Phi) is 8.31. The fourth-order valence-corrected chi connectivity index (χ4v) is 5.84. The minimum atomic E-state index is -4.13. The molecule has 1 aromatic carbocycles. The molecule has 0 amide bonds. The van der Waals surface area contributed by atoms with Gasteiger partial charge in [0, 0.05) is 17.7 Å². The van der Waals surface area contributed by atoms with E-state index >= 15 is 0 Å². The zero-order chi connectivity index (χ0) is 27.6. The molecule has 15 heteroatoms. The normalized spacial score (nSPS) is 23.6. The molecule has 13 nitrogen and oxygen atoms in total. The number of thiocarbonyl (C=S) groups is 1. The molecule has 0 saturated carbocycles. The van der Waals surface area contributed by atoms with Crippen LogP contribution in [0.3, 0.4) is 0 Å². The van der Waals surface area contributed by atoms with Crippen LogP contribution in [0.15, 0.2) is 42.9 Å². The van der Waals surface area contributed by atoms with Crippen LogP contribution >= 0.6 is 20.0 Å². The molecular weight excluding hydrogens is 535 g/mol. The van der Waals surface area contributed by atoms with Gasteiger partial charge in [0.2, 0.25) is 0 Å². The second-order valence-electron chi connectivity index (χ2n) is 8.76. The topological polar surface area (TPSA) is 186 Å². The number of carbonyl (C=O) groups is 1. The molecule has 3 aromatic rings. The largest absolute Gasteiger partial charge is 0.468 e. The first-order valence-corrected chi connectivity index (χ1v) is 13.6. The van der Waals surface area contributed by atoms with Gasteiger partial charge < -0.3 is 35.1 Å². The van der Waals surface area contributed by atoms with E-state index in [2.05, 4.69) is 15.1 Å². The Morgan fingerprint density at radius 3 is 2.71 bits per heavy atom. The minimum Gasteiger partial charge on any atom is -0.468 e. The summed E-state index contributed by atoms with van der Waals surface area (Å²) in [6.07, 6.45) is 0.309. The van der Waals surface area contributed by atoms with Gasteiger partial charge >= 0.3 is 13.7 Å². The van der Waals surface area contributed by atoms with Crippen LogP contribution in [-0.4, -0.2) is 62.6 Å². The van der Waals surface area contributed by atoms with Crippen LogP contribution in [-0.2, 0) is 23.4 Å².